The lowest BCUT2D eigenvalue weighted by Crippen LogP contribution is -2.33. The highest BCUT2D eigenvalue weighted by atomic mass is 32.1. The van der Waals surface area contributed by atoms with Crippen LogP contribution >= 0.6 is 11.3 Å². The minimum atomic E-state index is 0.404. The lowest BCUT2D eigenvalue weighted by atomic mass is 9.99. The smallest absolute Gasteiger partial charge is 0.109 e. The Hall–Kier alpha value is -0.410. The van der Waals surface area contributed by atoms with E-state index in [0.29, 0.717) is 12.1 Å². The van der Waals surface area contributed by atoms with Crippen molar-refractivity contribution in [2.75, 3.05) is 0 Å². The largest absolute Gasteiger partial charge is 0.305 e. The van der Waals surface area contributed by atoms with Gasteiger partial charge in [0, 0.05) is 17.1 Å². The van der Waals surface area contributed by atoms with E-state index in [4.69, 9.17) is 0 Å². The number of rotatable bonds is 7. The quantitative estimate of drug-likeness (QED) is 0.795. The maximum Gasteiger partial charge on any atom is 0.109 e. The fraction of sp³-hybridized carbons (Fsp3) is 0.800. The third-order valence-electron chi connectivity index (χ3n) is 3.72. The second kappa shape index (κ2) is 6.16. The summed E-state index contributed by atoms with van der Waals surface area (Å²) in [5, 5.41) is 5.05. The second-order valence-electron chi connectivity index (χ2n) is 6.11. The highest BCUT2D eigenvalue weighted by Crippen LogP contribution is 2.36. The van der Waals surface area contributed by atoms with E-state index in [1.165, 1.54) is 35.6 Å². The van der Waals surface area contributed by atoms with Crippen LogP contribution in [0.2, 0.25) is 0 Å². The van der Waals surface area contributed by atoms with Crippen LogP contribution in [-0.4, -0.2) is 11.0 Å². The molecule has 3 heteroatoms. The first-order valence-corrected chi connectivity index (χ1v) is 8.06. The molecule has 0 radical (unpaired) electrons. The van der Waals surface area contributed by atoms with Crippen LogP contribution < -0.4 is 5.32 Å². The lowest BCUT2D eigenvalue weighted by molar-refractivity contribution is 0.365. The van der Waals surface area contributed by atoms with Gasteiger partial charge in [-0.15, -0.1) is 11.3 Å². The van der Waals surface area contributed by atoms with Crippen molar-refractivity contribution in [2.45, 2.75) is 65.5 Å². The summed E-state index contributed by atoms with van der Waals surface area (Å²) in [6, 6.07) is 1.10. The van der Waals surface area contributed by atoms with Crippen LogP contribution in [0.3, 0.4) is 0 Å². The number of hydrogen-bond acceptors (Lipinski definition) is 3. The normalized spacial score (nSPS) is 19.2. The summed E-state index contributed by atoms with van der Waals surface area (Å²) in [4.78, 5) is 5.81. The fourth-order valence-corrected chi connectivity index (χ4v) is 3.22. The third kappa shape index (κ3) is 4.06. The van der Waals surface area contributed by atoms with Gasteiger partial charge in [0.25, 0.3) is 0 Å². The maximum absolute atomic E-state index is 4.50. The van der Waals surface area contributed by atoms with Crippen molar-refractivity contribution in [3.8, 4) is 0 Å². The van der Waals surface area contributed by atoms with E-state index < -0.39 is 0 Å². The molecule has 0 saturated heterocycles. The van der Waals surface area contributed by atoms with Gasteiger partial charge in [-0.05, 0) is 51.4 Å². The molecule has 102 valence electrons. The number of nitrogens with one attached hydrogen (secondary N) is 1. The van der Waals surface area contributed by atoms with Gasteiger partial charge in [-0.2, -0.15) is 0 Å². The van der Waals surface area contributed by atoms with Gasteiger partial charge in [-0.25, -0.2) is 4.98 Å². The maximum atomic E-state index is 4.50. The van der Waals surface area contributed by atoms with Gasteiger partial charge in [-0.3, -0.25) is 0 Å². The van der Waals surface area contributed by atoms with Crippen molar-refractivity contribution in [1.82, 2.24) is 10.3 Å². The number of aryl methyl sites for hydroxylation is 1. The van der Waals surface area contributed by atoms with Crippen LogP contribution in [0.4, 0.5) is 0 Å². The predicted molar refractivity (Wildman–Crippen MR) is 79.0 cm³/mol. The Kier molecular flexibility index (Phi) is 4.79. The Balaban J connectivity index is 1.87. The highest BCUT2D eigenvalue weighted by Gasteiger charge is 2.32. The van der Waals surface area contributed by atoms with Crippen LogP contribution in [0.15, 0.2) is 6.20 Å². The molecule has 2 atom stereocenters. The van der Waals surface area contributed by atoms with Crippen LogP contribution in [-0.2, 0) is 0 Å². The second-order valence-corrected chi connectivity index (χ2v) is 7.38. The molecule has 1 fully saturated rings. The van der Waals surface area contributed by atoms with E-state index >= 15 is 0 Å². The van der Waals surface area contributed by atoms with Gasteiger partial charge in [0.05, 0.1) is 6.04 Å². The summed E-state index contributed by atoms with van der Waals surface area (Å²) < 4.78 is 0. The Morgan fingerprint density at radius 1 is 1.33 bits per heavy atom. The standard InChI is InChI=1S/C15H26N2S/c1-10(2)5-8-14(13-6-7-13)17-12(4)15-16-9-11(3)18-15/h9-10,12-14,17H,5-8H2,1-4H3. The minimum Gasteiger partial charge on any atom is -0.305 e. The molecule has 0 amide bonds. The molecule has 1 saturated carbocycles. The molecule has 2 nitrogen and oxygen atoms in total. The van der Waals surface area contributed by atoms with E-state index in [0.717, 1.165) is 11.8 Å². The first-order chi connectivity index (χ1) is 8.56. The molecule has 0 spiro atoms. The van der Waals surface area contributed by atoms with Gasteiger partial charge in [-0.1, -0.05) is 13.8 Å². The zero-order chi connectivity index (χ0) is 13.1. The SMILES string of the molecule is Cc1cnc(C(C)NC(CCC(C)C)C2CC2)s1. The van der Waals surface area contributed by atoms with Crippen molar-refractivity contribution >= 4 is 11.3 Å². The van der Waals surface area contributed by atoms with Gasteiger partial charge < -0.3 is 5.32 Å². The van der Waals surface area contributed by atoms with Crippen LogP contribution in [0.5, 0.6) is 0 Å². The number of hydrogen-bond donors (Lipinski definition) is 1. The monoisotopic (exact) mass is 266 g/mol. The molecule has 0 bridgehead atoms. The molecule has 1 N–H and O–H groups in total. The van der Waals surface area contributed by atoms with Gasteiger partial charge >= 0.3 is 0 Å². The molecular weight excluding hydrogens is 240 g/mol. The Bertz CT molecular complexity index is 368. The molecular formula is C15H26N2S. The fourth-order valence-electron chi connectivity index (χ4n) is 2.43. The molecule has 1 aromatic heterocycles. The van der Waals surface area contributed by atoms with Crippen molar-refractivity contribution in [3.63, 3.8) is 0 Å². The van der Waals surface area contributed by atoms with E-state index in [2.05, 4.69) is 38.0 Å². The molecule has 0 aromatic carbocycles. The summed E-state index contributed by atoms with van der Waals surface area (Å²) in [5.74, 6) is 1.73. The topological polar surface area (TPSA) is 24.9 Å². The molecule has 1 heterocycles. The van der Waals surface area contributed by atoms with Crippen molar-refractivity contribution in [2.24, 2.45) is 11.8 Å². The third-order valence-corrected chi connectivity index (χ3v) is 4.82. The van der Waals surface area contributed by atoms with Gasteiger partial charge in [0.2, 0.25) is 0 Å². The lowest BCUT2D eigenvalue weighted by Gasteiger charge is -2.23. The molecule has 1 aromatic rings. The molecule has 2 unspecified atom stereocenters. The Morgan fingerprint density at radius 3 is 2.56 bits per heavy atom. The molecule has 0 aliphatic heterocycles. The minimum absolute atomic E-state index is 0.404. The number of thiazole rings is 1. The van der Waals surface area contributed by atoms with Crippen LogP contribution in [0.1, 0.15) is 62.4 Å². The van der Waals surface area contributed by atoms with E-state index in [-0.39, 0.29) is 0 Å². The number of aromatic nitrogens is 1. The molecule has 18 heavy (non-hydrogen) atoms. The van der Waals surface area contributed by atoms with Crippen LogP contribution in [0, 0.1) is 18.8 Å². The van der Waals surface area contributed by atoms with Crippen molar-refractivity contribution in [1.29, 1.82) is 0 Å². The Labute approximate surface area is 115 Å². The Morgan fingerprint density at radius 2 is 2.06 bits per heavy atom. The van der Waals surface area contributed by atoms with Crippen molar-refractivity contribution < 1.29 is 0 Å². The summed E-state index contributed by atoms with van der Waals surface area (Å²) in [6.07, 6.45) is 7.46. The average Bonchev–Trinajstić information content (AvgIpc) is 3.06. The molecule has 1 aliphatic carbocycles. The van der Waals surface area contributed by atoms with Crippen molar-refractivity contribution in [3.05, 3.63) is 16.1 Å². The van der Waals surface area contributed by atoms with Gasteiger partial charge in [0.15, 0.2) is 0 Å². The number of nitrogens with zero attached hydrogens (tertiary/aromatic N) is 1. The van der Waals surface area contributed by atoms with Crippen LogP contribution in [0.25, 0.3) is 0 Å². The zero-order valence-electron chi connectivity index (χ0n) is 12.1. The van der Waals surface area contributed by atoms with Gasteiger partial charge in [0.1, 0.15) is 5.01 Å². The van der Waals surface area contributed by atoms with E-state index in [1.54, 1.807) is 0 Å². The highest BCUT2D eigenvalue weighted by molar-refractivity contribution is 7.11. The van der Waals surface area contributed by atoms with E-state index in [1.807, 2.05) is 17.5 Å². The van der Waals surface area contributed by atoms with E-state index in [9.17, 15) is 0 Å². The summed E-state index contributed by atoms with van der Waals surface area (Å²) in [5.41, 5.74) is 0. The summed E-state index contributed by atoms with van der Waals surface area (Å²) >= 11 is 1.82. The predicted octanol–water partition coefficient (Wildman–Crippen LogP) is 4.32. The summed E-state index contributed by atoms with van der Waals surface area (Å²) in [7, 11) is 0. The molecule has 1 aliphatic rings. The first-order valence-electron chi connectivity index (χ1n) is 7.24. The zero-order valence-corrected chi connectivity index (χ0v) is 12.9. The molecule has 2 rings (SSSR count). The average molecular weight is 266 g/mol. The first kappa shape index (κ1) is 14.0. The summed E-state index contributed by atoms with van der Waals surface area (Å²) in [6.45, 7) is 9.02.